The number of hydrogen-bond donors (Lipinski definition) is 2. The highest BCUT2D eigenvalue weighted by Crippen LogP contribution is 2.25. The Morgan fingerprint density at radius 3 is 2.65 bits per heavy atom. The van der Waals surface area contributed by atoms with Crippen LogP contribution in [0.5, 0.6) is 0 Å². The van der Waals surface area contributed by atoms with E-state index in [-0.39, 0.29) is 11.8 Å². The molecular weight excluding hydrogens is 274 g/mol. The van der Waals surface area contributed by atoms with Crippen molar-refractivity contribution in [2.75, 3.05) is 0 Å². The third-order valence-electron chi connectivity index (χ3n) is 3.04. The van der Waals surface area contributed by atoms with E-state index < -0.39 is 12.0 Å². The Morgan fingerprint density at radius 1 is 1.30 bits per heavy atom. The molecule has 0 saturated heterocycles. The van der Waals surface area contributed by atoms with E-state index in [9.17, 15) is 9.59 Å². The van der Waals surface area contributed by atoms with E-state index in [1.54, 1.807) is 5.38 Å². The van der Waals surface area contributed by atoms with Gasteiger partial charge in [-0.25, -0.2) is 4.79 Å². The lowest BCUT2D eigenvalue weighted by Gasteiger charge is -2.16. The largest absolute Gasteiger partial charge is 0.480 e. The average molecular weight is 291 g/mol. The molecule has 4 nitrogen and oxygen atoms in total. The van der Waals surface area contributed by atoms with Gasteiger partial charge in [-0.2, -0.15) is 0 Å². The van der Waals surface area contributed by atoms with Crippen molar-refractivity contribution in [2.24, 2.45) is 5.92 Å². The molecule has 0 aliphatic rings. The van der Waals surface area contributed by atoms with Gasteiger partial charge in [0.05, 0.1) is 5.56 Å². The number of carbonyl (C=O) groups is 2. The van der Waals surface area contributed by atoms with Crippen molar-refractivity contribution >= 4 is 33.3 Å². The number of carboxylic acid groups (broad SMARTS) is 1. The molecular formula is C15H17NO3S. The molecule has 0 fully saturated rings. The lowest BCUT2D eigenvalue weighted by atomic mass is 10.0. The van der Waals surface area contributed by atoms with Gasteiger partial charge in [0.15, 0.2) is 0 Å². The molecule has 1 aromatic heterocycles. The third-order valence-corrected chi connectivity index (χ3v) is 4.00. The molecule has 2 N–H and O–H groups in total. The topological polar surface area (TPSA) is 66.4 Å². The van der Waals surface area contributed by atoms with Crippen molar-refractivity contribution in [1.29, 1.82) is 0 Å². The lowest BCUT2D eigenvalue weighted by molar-refractivity contribution is -0.139. The lowest BCUT2D eigenvalue weighted by Crippen LogP contribution is -2.41. The maximum absolute atomic E-state index is 12.2. The fourth-order valence-electron chi connectivity index (χ4n) is 2.08. The molecule has 0 saturated carbocycles. The second kappa shape index (κ2) is 6.05. The van der Waals surface area contributed by atoms with Gasteiger partial charge in [0.25, 0.3) is 5.91 Å². The van der Waals surface area contributed by atoms with Gasteiger partial charge in [-0.05, 0) is 18.4 Å². The van der Waals surface area contributed by atoms with E-state index in [2.05, 4.69) is 5.32 Å². The van der Waals surface area contributed by atoms with Crippen molar-refractivity contribution in [3.8, 4) is 0 Å². The fourth-order valence-corrected chi connectivity index (χ4v) is 3.02. The molecule has 20 heavy (non-hydrogen) atoms. The summed E-state index contributed by atoms with van der Waals surface area (Å²) in [5.74, 6) is -1.11. The minimum absolute atomic E-state index is 0.204. The summed E-state index contributed by atoms with van der Waals surface area (Å²) in [4.78, 5) is 23.4. The molecule has 2 aromatic rings. The van der Waals surface area contributed by atoms with Crippen LogP contribution in [0.1, 0.15) is 30.6 Å². The zero-order valence-corrected chi connectivity index (χ0v) is 12.2. The Labute approximate surface area is 121 Å². The molecule has 0 bridgehead atoms. The summed E-state index contributed by atoms with van der Waals surface area (Å²) in [6.45, 7) is 3.87. The summed E-state index contributed by atoms with van der Waals surface area (Å²) in [6.07, 6.45) is 0.420. The predicted molar refractivity (Wildman–Crippen MR) is 80.2 cm³/mol. The Hall–Kier alpha value is -1.88. The Bertz CT molecular complexity index is 633. The minimum Gasteiger partial charge on any atom is -0.480 e. The number of thiophene rings is 1. The van der Waals surface area contributed by atoms with Gasteiger partial charge in [-0.1, -0.05) is 32.0 Å². The van der Waals surface area contributed by atoms with Gasteiger partial charge in [0, 0.05) is 15.5 Å². The smallest absolute Gasteiger partial charge is 0.326 e. The quantitative estimate of drug-likeness (QED) is 0.889. The second-order valence-corrected chi connectivity index (χ2v) is 6.05. The molecule has 1 aromatic carbocycles. The van der Waals surface area contributed by atoms with Crippen LogP contribution in [0.2, 0.25) is 0 Å². The van der Waals surface area contributed by atoms with Gasteiger partial charge in [0.2, 0.25) is 0 Å². The molecule has 1 heterocycles. The first-order valence-electron chi connectivity index (χ1n) is 6.49. The van der Waals surface area contributed by atoms with Crippen LogP contribution in [-0.4, -0.2) is 23.0 Å². The highest BCUT2D eigenvalue weighted by atomic mass is 32.1. The van der Waals surface area contributed by atoms with Crippen LogP contribution in [0.3, 0.4) is 0 Å². The number of nitrogens with one attached hydrogen (secondary N) is 1. The molecule has 0 aliphatic carbocycles. The normalized spacial score (nSPS) is 12.6. The number of fused-ring (bicyclic) bond motifs is 1. The first kappa shape index (κ1) is 14.5. The molecule has 1 atom stereocenters. The Balaban J connectivity index is 2.20. The standard InChI is InChI=1S/C15H17NO3S/c1-9(2)7-12(15(18)19)16-14(17)11-8-20-13-6-4-3-5-10(11)13/h3-6,8-9,12H,7H2,1-2H3,(H,16,17)(H,18,19)/t12-/m0/s1. The van der Waals surface area contributed by atoms with Crippen molar-refractivity contribution in [1.82, 2.24) is 5.32 Å². The van der Waals surface area contributed by atoms with Crippen molar-refractivity contribution in [2.45, 2.75) is 26.3 Å². The van der Waals surface area contributed by atoms with Crippen LogP contribution < -0.4 is 5.32 Å². The van der Waals surface area contributed by atoms with Gasteiger partial charge in [-0.3, -0.25) is 4.79 Å². The van der Waals surface area contributed by atoms with Crippen LogP contribution in [-0.2, 0) is 4.79 Å². The number of aliphatic carboxylic acids is 1. The monoisotopic (exact) mass is 291 g/mol. The summed E-state index contributed by atoms with van der Waals surface area (Å²) in [5, 5.41) is 14.4. The predicted octanol–water partition coefficient (Wildman–Crippen LogP) is 3.13. The highest BCUT2D eigenvalue weighted by molar-refractivity contribution is 7.17. The molecule has 0 spiro atoms. The summed E-state index contributed by atoms with van der Waals surface area (Å²) in [7, 11) is 0. The van der Waals surface area contributed by atoms with Gasteiger partial charge in [-0.15, -0.1) is 11.3 Å². The molecule has 106 valence electrons. The number of benzene rings is 1. The van der Waals surface area contributed by atoms with Crippen molar-refractivity contribution < 1.29 is 14.7 Å². The average Bonchev–Trinajstić information content (AvgIpc) is 2.81. The SMILES string of the molecule is CC(C)C[C@H](NC(=O)c1csc2ccccc12)C(=O)O. The van der Waals surface area contributed by atoms with E-state index in [1.165, 1.54) is 11.3 Å². The number of carboxylic acids is 1. The maximum atomic E-state index is 12.2. The van der Waals surface area contributed by atoms with Crippen molar-refractivity contribution in [3.05, 3.63) is 35.2 Å². The zero-order chi connectivity index (χ0) is 14.7. The van der Waals surface area contributed by atoms with E-state index in [0.29, 0.717) is 12.0 Å². The fraction of sp³-hybridized carbons (Fsp3) is 0.333. The van der Waals surface area contributed by atoms with E-state index >= 15 is 0 Å². The molecule has 2 rings (SSSR count). The van der Waals surface area contributed by atoms with Gasteiger partial charge in [0.1, 0.15) is 6.04 Å². The van der Waals surface area contributed by atoms with Crippen LogP contribution >= 0.6 is 11.3 Å². The second-order valence-electron chi connectivity index (χ2n) is 5.14. The van der Waals surface area contributed by atoms with Crippen LogP contribution in [0.25, 0.3) is 10.1 Å². The molecule has 0 unspecified atom stereocenters. The minimum atomic E-state index is -0.994. The van der Waals surface area contributed by atoms with E-state index in [4.69, 9.17) is 5.11 Å². The summed E-state index contributed by atoms with van der Waals surface area (Å²) in [6, 6.07) is 6.76. The molecule has 1 amide bonds. The van der Waals surface area contributed by atoms with Crippen LogP contribution in [0.15, 0.2) is 29.6 Å². The van der Waals surface area contributed by atoms with Crippen LogP contribution in [0.4, 0.5) is 0 Å². The number of amides is 1. The maximum Gasteiger partial charge on any atom is 0.326 e. The number of rotatable bonds is 5. The number of hydrogen-bond acceptors (Lipinski definition) is 3. The summed E-state index contributed by atoms with van der Waals surface area (Å²) < 4.78 is 1.02. The highest BCUT2D eigenvalue weighted by Gasteiger charge is 2.22. The molecule has 0 aliphatic heterocycles. The van der Waals surface area contributed by atoms with Gasteiger partial charge < -0.3 is 10.4 Å². The van der Waals surface area contributed by atoms with E-state index in [0.717, 1.165) is 10.1 Å². The summed E-state index contributed by atoms with van der Waals surface area (Å²) >= 11 is 1.48. The van der Waals surface area contributed by atoms with Crippen LogP contribution in [0, 0.1) is 5.92 Å². The first-order chi connectivity index (χ1) is 9.49. The van der Waals surface area contributed by atoms with Crippen molar-refractivity contribution in [3.63, 3.8) is 0 Å². The summed E-state index contributed by atoms with van der Waals surface area (Å²) in [5.41, 5.74) is 0.542. The Morgan fingerprint density at radius 2 is 2.00 bits per heavy atom. The van der Waals surface area contributed by atoms with E-state index in [1.807, 2.05) is 38.1 Å². The Kier molecular flexibility index (Phi) is 4.39. The molecule has 5 heteroatoms. The number of carbonyl (C=O) groups excluding carboxylic acids is 1. The zero-order valence-electron chi connectivity index (χ0n) is 11.4. The van der Waals surface area contributed by atoms with Gasteiger partial charge >= 0.3 is 5.97 Å². The first-order valence-corrected chi connectivity index (χ1v) is 7.37. The molecule has 0 radical (unpaired) electrons. The third kappa shape index (κ3) is 3.17.